The molecule has 1 aromatic heterocycles. The number of benzene rings is 1. The Kier molecular flexibility index (Phi) is 3.81. The van der Waals surface area contributed by atoms with Crippen molar-refractivity contribution in [3.63, 3.8) is 0 Å². The van der Waals surface area contributed by atoms with E-state index >= 15 is 0 Å². The molecule has 0 amide bonds. The molecule has 0 unspecified atom stereocenters. The maximum atomic E-state index is 6.08. The zero-order valence-corrected chi connectivity index (χ0v) is 12.7. The third-order valence-corrected chi connectivity index (χ3v) is 4.34. The van der Waals surface area contributed by atoms with E-state index in [1.54, 1.807) is 6.07 Å². The molecule has 2 aromatic rings. The molecule has 0 radical (unpaired) electrons. The van der Waals surface area contributed by atoms with E-state index in [4.69, 9.17) is 28.2 Å². The van der Waals surface area contributed by atoms with Crippen LogP contribution in [0.5, 0.6) is 0 Å². The van der Waals surface area contributed by atoms with Gasteiger partial charge in [-0.05, 0) is 43.9 Å². The lowest BCUT2D eigenvalue weighted by Crippen LogP contribution is -2.11. The van der Waals surface area contributed by atoms with Crippen LogP contribution >= 0.6 is 23.2 Å². The Morgan fingerprint density at radius 2 is 1.85 bits per heavy atom. The molecule has 1 heterocycles. The molecule has 3 nitrogen and oxygen atoms in total. The summed E-state index contributed by atoms with van der Waals surface area (Å²) >= 11 is 12.0. The van der Waals surface area contributed by atoms with Crippen molar-refractivity contribution in [2.24, 2.45) is 0 Å². The van der Waals surface area contributed by atoms with Crippen LogP contribution in [0.4, 0.5) is 5.82 Å². The first-order valence-electron chi connectivity index (χ1n) is 6.72. The van der Waals surface area contributed by atoms with Crippen LogP contribution in [-0.4, -0.2) is 17.0 Å². The maximum Gasteiger partial charge on any atom is 0.161 e. The van der Waals surface area contributed by atoms with Crippen molar-refractivity contribution in [3.05, 3.63) is 39.5 Å². The van der Waals surface area contributed by atoms with Crippen molar-refractivity contribution in [2.75, 3.05) is 12.4 Å². The van der Waals surface area contributed by atoms with E-state index in [1.807, 2.05) is 19.2 Å². The zero-order valence-electron chi connectivity index (χ0n) is 11.2. The third-order valence-electron chi connectivity index (χ3n) is 3.60. The predicted octanol–water partition coefficient (Wildman–Crippen LogP) is 4.37. The van der Waals surface area contributed by atoms with Crippen LogP contribution in [0.25, 0.3) is 11.4 Å². The van der Waals surface area contributed by atoms with Gasteiger partial charge in [0.05, 0.1) is 10.0 Å². The normalized spacial score (nSPS) is 13.9. The molecule has 1 aliphatic carbocycles. The Morgan fingerprint density at radius 3 is 2.60 bits per heavy atom. The van der Waals surface area contributed by atoms with Crippen molar-refractivity contribution in [1.82, 2.24) is 9.97 Å². The molecular weight excluding hydrogens is 293 g/mol. The highest BCUT2D eigenvalue weighted by Crippen LogP contribution is 2.31. The summed E-state index contributed by atoms with van der Waals surface area (Å²) in [5.41, 5.74) is 3.29. The lowest BCUT2D eigenvalue weighted by atomic mass is 9.96. The number of aryl methyl sites for hydroxylation is 1. The summed E-state index contributed by atoms with van der Waals surface area (Å²) < 4.78 is 0. The molecule has 0 bridgehead atoms. The summed E-state index contributed by atoms with van der Waals surface area (Å²) in [7, 11) is 1.90. The van der Waals surface area contributed by atoms with E-state index in [2.05, 4.69) is 10.3 Å². The summed E-state index contributed by atoms with van der Waals surface area (Å²) in [5, 5.41) is 4.25. The largest absolute Gasteiger partial charge is 0.373 e. The second kappa shape index (κ2) is 5.58. The molecule has 0 saturated carbocycles. The number of nitrogens with zero attached hydrogens (tertiary/aromatic N) is 2. The third kappa shape index (κ3) is 2.48. The van der Waals surface area contributed by atoms with Crippen LogP contribution < -0.4 is 5.32 Å². The van der Waals surface area contributed by atoms with Gasteiger partial charge in [-0.15, -0.1) is 0 Å². The van der Waals surface area contributed by atoms with E-state index in [0.29, 0.717) is 15.9 Å². The minimum absolute atomic E-state index is 0.525. The summed E-state index contributed by atoms with van der Waals surface area (Å²) in [6.45, 7) is 0. The van der Waals surface area contributed by atoms with Gasteiger partial charge in [-0.25, -0.2) is 9.97 Å². The number of fused-ring (bicyclic) bond motifs is 1. The number of hydrogen-bond donors (Lipinski definition) is 1. The van der Waals surface area contributed by atoms with Gasteiger partial charge < -0.3 is 5.32 Å². The van der Waals surface area contributed by atoms with Gasteiger partial charge in [0.25, 0.3) is 0 Å². The van der Waals surface area contributed by atoms with Crippen molar-refractivity contribution in [2.45, 2.75) is 25.7 Å². The maximum absolute atomic E-state index is 6.08. The molecule has 0 atom stereocenters. The van der Waals surface area contributed by atoms with Crippen LogP contribution in [0.15, 0.2) is 18.2 Å². The molecule has 20 heavy (non-hydrogen) atoms. The van der Waals surface area contributed by atoms with E-state index in [9.17, 15) is 0 Å². The van der Waals surface area contributed by atoms with Gasteiger partial charge in [0.15, 0.2) is 5.82 Å². The van der Waals surface area contributed by atoms with Crippen LogP contribution in [-0.2, 0) is 12.8 Å². The molecule has 0 spiro atoms. The van der Waals surface area contributed by atoms with E-state index < -0.39 is 0 Å². The first kappa shape index (κ1) is 13.7. The highest BCUT2D eigenvalue weighted by molar-refractivity contribution is 6.42. The van der Waals surface area contributed by atoms with Gasteiger partial charge in [-0.2, -0.15) is 0 Å². The second-order valence-electron chi connectivity index (χ2n) is 4.91. The lowest BCUT2D eigenvalue weighted by molar-refractivity contribution is 0.665. The average Bonchev–Trinajstić information content (AvgIpc) is 2.49. The Labute approximate surface area is 128 Å². The summed E-state index contributed by atoms with van der Waals surface area (Å²) in [6, 6.07) is 5.49. The fourth-order valence-electron chi connectivity index (χ4n) is 2.57. The molecule has 104 valence electrons. The number of hydrogen-bond acceptors (Lipinski definition) is 3. The number of anilines is 1. The van der Waals surface area contributed by atoms with Crippen LogP contribution in [0.2, 0.25) is 10.0 Å². The smallest absolute Gasteiger partial charge is 0.161 e. The Bertz CT molecular complexity index is 639. The highest BCUT2D eigenvalue weighted by Gasteiger charge is 2.18. The molecule has 0 saturated heterocycles. The summed E-state index contributed by atoms with van der Waals surface area (Å²) in [4.78, 5) is 9.33. The molecular formula is C15H15Cl2N3. The monoisotopic (exact) mass is 307 g/mol. The van der Waals surface area contributed by atoms with E-state index in [-0.39, 0.29) is 0 Å². The quantitative estimate of drug-likeness (QED) is 0.895. The average molecular weight is 308 g/mol. The fraction of sp³-hybridized carbons (Fsp3) is 0.333. The Balaban J connectivity index is 2.11. The van der Waals surface area contributed by atoms with Crippen molar-refractivity contribution < 1.29 is 0 Å². The number of aromatic nitrogens is 2. The van der Waals surface area contributed by atoms with Gasteiger partial charge in [0.2, 0.25) is 0 Å². The van der Waals surface area contributed by atoms with Crippen LogP contribution in [0, 0.1) is 0 Å². The van der Waals surface area contributed by atoms with Gasteiger partial charge in [0, 0.05) is 23.9 Å². The van der Waals surface area contributed by atoms with Crippen LogP contribution in [0.3, 0.4) is 0 Å². The van der Waals surface area contributed by atoms with Gasteiger partial charge in [0.1, 0.15) is 5.82 Å². The first-order valence-corrected chi connectivity index (χ1v) is 7.47. The van der Waals surface area contributed by atoms with Gasteiger partial charge in [-0.1, -0.05) is 23.2 Å². The number of halogens is 2. The number of nitrogens with one attached hydrogen (secondary N) is 1. The molecule has 0 fully saturated rings. The zero-order chi connectivity index (χ0) is 14.1. The molecule has 1 N–H and O–H groups in total. The summed E-state index contributed by atoms with van der Waals surface area (Å²) in [5.74, 6) is 1.63. The molecule has 3 rings (SSSR count). The minimum Gasteiger partial charge on any atom is -0.373 e. The molecule has 1 aromatic carbocycles. The minimum atomic E-state index is 0.525. The molecule has 1 aliphatic rings. The van der Waals surface area contributed by atoms with Crippen molar-refractivity contribution in [1.29, 1.82) is 0 Å². The second-order valence-corrected chi connectivity index (χ2v) is 5.72. The molecule has 5 heteroatoms. The highest BCUT2D eigenvalue weighted by atomic mass is 35.5. The van der Waals surface area contributed by atoms with E-state index in [1.165, 1.54) is 18.4 Å². The SMILES string of the molecule is CNc1nc(-c2ccc(Cl)c(Cl)c2)nc2c1CCCC2. The summed E-state index contributed by atoms with van der Waals surface area (Å²) in [6.07, 6.45) is 4.46. The first-order chi connectivity index (χ1) is 9.69. The Hall–Kier alpha value is -1.32. The fourth-order valence-corrected chi connectivity index (χ4v) is 2.86. The standard InChI is InChI=1S/C15H15Cl2N3/c1-18-15-10-4-2-3-5-13(10)19-14(20-15)9-6-7-11(16)12(17)8-9/h6-8H,2-5H2,1H3,(H,18,19,20). The van der Waals surface area contributed by atoms with Crippen molar-refractivity contribution >= 4 is 29.0 Å². The number of rotatable bonds is 2. The topological polar surface area (TPSA) is 37.8 Å². The van der Waals surface area contributed by atoms with Crippen LogP contribution in [0.1, 0.15) is 24.1 Å². The molecule has 0 aliphatic heterocycles. The Morgan fingerprint density at radius 1 is 1.05 bits per heavy atom. The van der Waals surface area contributed by atoms with Gasteiger partial charge >= 0.3 is 0 Å². The van der Waals surface area contributed by atoms with Gasteiger partial charge in [-0.3, -0.25) is 0 Å². The van der Waals surface area contributed by atoms with Crippen molar-refractivity contribution in [3.8, 4) is 11.4 Å². The predicted molar refractivity (Wildman–Crippen MR) is 83.7 cm³/mol. The lowest BCUT2D eigenvalue weighted by Gasteiger charge is -2.18. The van der Waals surface area contributed by atoms with E-state index in [0.717, 1.165) is 29.9 Å².